The smallest absolute Gasteiger partial charge is 0.419 e. The summed E-state index contributed by atoms with van der Waals surface area (Å²) in [6, 6.07) is 4.30. The van der Waals surface area contributed by atoms with E-state index < -0.39 is 35.5 Å². The Bertz CT molecular complexity index is 1170. The summed E-state index contributed by atoms with van der Waals surface area (Å²) >= 11 is 0. The molecule has 1 aliphatic rings. The molecule has 2 aromatic heterocycles. The van der Waals surface area contributed by atoms with Gasteiger partial charge in [0, 0.05) is 23.3 Å². The number of alkyl halides is 3. The minimum absolute atomic E-state index is 0.137. The van der Waals surface area contributed by atoms with E-state index in [-0.39, 0.29) is 11.5 Å². The van der Waals surface area contributed by atoms with Gasteiger partial charge in [0.15, 0.2) is 0 Å². The first-order valence-electron chi connectivity index (χ1n) is 9.72. The largest absolute Gasteiger partial charge is 0.453 e. The molecule has 3 aromatic rings. The Hall–Kier alpha value is -3.67. The molecule has 0 bridgehead atoms. The molecule has 3 heterocycles. The molecule has 1 unspecified atom stereocenters. The Kier molecular flexibility index (Phi) is 5.70. The van der Waals surface area contributed by atoms with E-state index in [2.05, 4.69) is 35.6 Å². The van der Waals surface area contributed by atoms with Gasteiger partial charge < -0.3 is 15.0 Å². The zero-order valence-electron chi connectivity index (χ0n) is 16.8. The van der Waals surface area contributed by atoms with Crippen LogP contribution in [0.4, 0.5) is 29.6 Å². The molecule has 168 valence electrons. The fraction of sp³-hybridized carbons (Fsp3) is 0.300. The Balaban J connectivity index is 1.77. The fourth-order valence-electron chi connectivity index (χ4n) is 3.58. The molecule has 4 rings (SSSR count). The number of halogens is 3. The Morgan fingerprint density at radius 1 is 1.25 bits per heavy atom. The number of carbonyl (C=O) groups is 2. The zero-order valence-corrected chi connectivity index (χ0v) is 16.8. The number of nitrogens with zero attached hydrogens (tertiary/aromatic N) is 2. The van der Waals surface area contributed by atoms with Gasteiger partial charge in [-0.05, 0) is 25.5 Å². The van der Waals surface area contributed by atoms with Crippen molar-refractivity contribution in [2.24, 2.45) is 0 Å². The normalized spacial score (nSPS) is 16.2. The maximum absolute atomic E-state index is 13.7. The van der Waals surface area contributed by atoms with Gasteiger partial charge in [-0.2, -0.15) is 13.2 Å². The molecule has 0 saturated carbocycles. The lowest BCUT2D eigenvalue weighted by molar-refractivity contribution is -0.137. The average molecular weight is 448 g/mol. The summed E-state index contributed by atoms with van der Waals surface area (Å²) in [6.07, 6.45) is -2.00. The topological polar surface area (TPSA) is 121 Å². The number of benzene rings is 1. The second kappa shape index (κ2) is 8.46. The van der Waals surface area contributed by atoms with Gasteiger partial charge in [0.05, 0.1) is 30.0 Å². The molecular weight excluding hydrogens is 429 g/mol. The third kappa shape index (κ3) is 4.21. The first-order valence-corrected chi connectivity index (χ1v) is 9.72. The minimum atomic E-state index is -4.73. The number of ether oxygens (including phenoxy) is 1. The molecule has 1 fully saturated rings. The van der Waals surface area contributed by atoms with E-state index in [4.69, 9.17) is 0 Å². The lowest BCUT2D eigenvalue weighted by atomic mass is 10.1. The van der Waals surface area contributed by atoms with Gasteiger partial charge in [0.25, 0.3) is 0 Å². The van der Waals surface area contributed by atoms with E-state index in [1.807, 2.05) is 0 Å². The molecule has 32 heavy (non-hydrogen) atoms. The van der Waals surface area contributed by atoms with Gasteiger partial charge in [0.1, 0.15) is 5.56 Å². The summed E-state index contributed by atoms with van der Waals surface area (Å²) in [7, 11) is 1.20. The van der Waals surface area contributed by atoms with Crippen molar-refractivity contribution in [2.45, 2.75) is 25.1 Å². The number of amides is 2. The molecule has 12 heteroatoms. The molecule has 2 amide bonds. The summed E-state index contributed by atoms with van der Waals surface area (Å²) < 4.78 is 45.7. The third-order valence-corrected chi connectivity index (χ3v) is 5.10. The Morgan fingerprint density at radius 3 is 2.75 bits per heavy atom. The van der Waals surface area contributed by atoms with Crippen molar-refractivity contribution in [3.63, 3.8) is 0 Å². The number of carbonyl (C=O) groups excluding carboxylic acids is 2. The first kappa shape index (κ1) is 21.6. The number of aromatic nitrogens is 3. The van der Waals surface area contributed by atoms with Gasteiger partial charge in [-0.1, -0.05) is 12.1 Å². The van der Waals surface area contributed by atoms with E-state index in [0.29, 0.717) is 35.8 Å². The van der Waals surface area contributed by atoms with E-state index >= 15 is 0 Å². The molecule has 1 aliphatic heterocycles. The van der Waals surface area contributed by atoms with Crippen molar-refractivity contribution >= 4 is 34.5 Å². The van der Waals surface area contributed by atoms with Crippen LogP contribution < -0.4 is 16.0 Å². The number of anilines is 2. The summed E-state index contributed by atoms with van der Waals surface area (Å²) in [5.41, 5.74) is -0.604. The highest BCUT2D eigenvalue weighted by Gasteiger charge is 2.36. The zero-order chi connectivity index (χ0) is 22.9. The van der Waals surface area contributed by atoms with E-state index in [1.54, 1.807) is 18.2 Å². The molecule has 1 aromatic carbocycles. The maximum atomic E-state index is 13.7. The number of hydrogen-bond acceptors (Lipinski definition) is 6. The summed E-state index contributed by atoms with van der Waals surface area (Å²) in [4.78, 5) is 34.5. The van der Waals surface area contributed by atoms with Crippen molar-refractivity contribution in [2.75, 3.05) is 24.3 Å². The van der Waals surface area contributed by atoms with Crippen LogP contribution in [0.5, 0.6) is 0 Å². The van der Waals surface area contributed by atoms with Crippen LogP contribution in [0.1, 0.15) is 18.4 Å². The number of H-pyrrole nitrogens is 1. The van der Waals surface area contributed by atoms with Crippen molar-refractivity contribution in [3.8, 4) is 11.3 Å². The van der Waals surface area contributed by atoms with Gasteiger partial charge in [-0.3, -0.25) is 15.4 Å². The second-order valence-electron chi connectivity index (χ2n) is 7.14. The second-order valence-corrected chi connectivity index (χ2v) is 7.14. The van der Waals surface area contributed by atoms with Gasteiger partial charge in [0.2, 0.25) is 11.9 Å². The van der Waals surface area contributed by atoms with Crippen LogP contribution in [-0.2, 0) is 15.7 Å². The van der Waals surface area contributed by atoms with Crippen molar-refractivity contribution in [1.82, 2.24) is 20.3 Å². The molecular formula is C20H19F3N6O3. The van der Waals surface area contributed by atoms with Gasteiger partial charge in [-0.15, -0.1) is 0 Å². The van der Waals surface area contributed by atoms with E-state index in [9.17, 15) is 22.8 Å². The predicted molar refractivity (Wildman–Crippen MR) is 110 cm³/mol. The highest BCUT2D eigenvalue weighted by molar-refractivity contribution is 6.04. The van der Waals surface area contributed by atoms with Gasteiger partial charge in [-0.25, -0.2) is 14.8 Å². The quantitative estimate of drug-likeness (QED) is 0.485. The third-order valence-electron chi connectivity index (χ3n) is 5.10. The number of methoxy groups -OCH3 is 1. The minimum Gasteiger partial charge on any atom is -0.453 e. The molecule has 4 N–H and O–H groups in total. The van der Waals surface area contributed by atoms with E-state index in [0.717, 1.165) is 6.42 Å². The van der Waals surface area contributed by atoms with Crippen LogP contribution >= 0.6 is 0 Å². The average Bonchev–Trinajstić information content (AvgIpc) is 3.43. The van der Waals surface area contributed by atoms with Crippen LogP contribution in [0.3, 0.4) is 0 Å². The fourth-order valence-corrected chi connectivity index (χ4v) is 3.58. The van der Waals surface area contributed by atoms with Crippen molar-refractivity contribution in [1.29, 1.82) is 0 Å². The lowest BCUT2D eigenvalue weighted by Crippen LogP contribution is -2.36. The van der Waals surface area contributed by atoms with Crippen molar-refractivity contribution < 1.29 is 27.5 Å². The van der Waals surface area contributed by atoms with Crippen LogP contribution in [0.15, 0.2) is 30.6 Å². The summed E-state index contributed by atoms with van der Waals surface area (Å²) in [6.45, 7) is 0.689. The SMILES string of the molecule is COC(=O)Nc1cccc2c(-c3nc(NC(=O)C4CCCN4)ncc3C(F)(F)F)c[nH]c12. The number of nitrogens with one attached hydrogen (secondary N) is 4. The highest BCUT2D eigenvalue weighted by Crippen LogP contribution is 2.39. The van der Waals surface area contributed by atoms with Crippen molar-refractivity contribution in [3.05, 3.63) is 36.2 Å². The predicted octanol–water partition coefficient (Wildman–Crippen LogP) is 3.51. The molecule has 1 saturated heterocycles. The lowest BCUT2D eigenvalue weighted by Gasteiger charge is -2.14. The number of aromatic amines is 1. The summed E-state index contributed by atoms with van der Waals surface area (Å²) in [5.74, 6) is -0.637. The maximum Gasteiger partial charge on any atom is 0.419 e. The number of para-hydroxylation sites is 1. The Labute approximate surface area is 179 Å². The van der Waals surface area contributed by atoms with Crippen LogP contribution in [-0.4, -0.2) is 46.6 Å². The van der Waals surface area contributed by atoms with Crippen LogP contribution in [0.2, 0.25) is 0 Å². The first-order chi connectivity index (χ1) is 15.3. The molecule has 0 aliphatic carbocycles. The van der Waals surface area contributed by atoms with Crippen LogP contribution in [0, 0.1) is 0 Å². The monoisotopic (exact) mass is 448 g/mol. The Morgan fingerprint density at radius 2 is 2.06 bits per heavy atom. The molecule has 0 radical (unpaired) electrons. The molecule has 1 atom stereocenters. The highest BCUT2D eigenvalue weighted by atomic mass is 19.4. The standard InChI is InChI=1S/C20H19F3N6O3/c1-32-19(31)27-13-5-2-4-10-11(8-25-16(10)13)15-12(20(21,22)23)9-26-18(28-15)29-17(30)14-6-3-7-24-14/h2,4-5,8-9,14,24-25H,3,6-7H2,1H3,(H,27,31)(H,26,28,29,30). The molecule has 9 nitrogen and oxygen atoms in total. The number of hydrogen-bond donors (Lipinski definition) is 4. The van der Waals surface area contributed by atoms with E-state index in [1.165, 1.54) is 13.3 Å². The van der Waals surface area contributed by atoms with Gasteiger partial charge >= 0.3 is 12.3 Å². The number of fused-ring (bicyclic) bond motifs is 1. The summed E-state index contributed by atoms with van der Waals surface area (Å²) in [5, 5.41) is 8.38. The molecule has 0 spiro atoms. The number of rotatable bonds is 4. The van der Waals surface area contributed by atoms with Crippen LogP contribution in [0.25, 0.3) is 22.2 Å².